The van der Waals surface area contributed by atoms with Gasteiger partial charge < -0.3 is 20.1 Å². The summed E-state index contributed by atoms with van der Waals surface area (Å²) in [5, 5.41) is 6.21. The van der Waals surface area contributed by atoms with Gasteiger partial charge in [0.25, 0.3) is 5.91 Å². The van der Waals surface area contributed by atoms with E-state index in [0.29, 0.717) is 11.4 Å². The Morgan fingerprint density at radius 1 is 1.50 bits per heavy atom. The Morgan fingerprint density at radius 3 is 2.95 bits per heavy atom. The normalized spacial score (nSPS) is 15.9. The second kappa shape index (κ2) is 5.71. The van der Waals surface area contributed by atoms with Gasteiger partial charge in [0.1, 0.15) is 5.75 Å². The zero-order valence-electron chi connectivity index (χ0n) is 12.4. The molecule has 1 aromatic carbocycles. The van der Waals surface area contributed by atoms with Gasteiger partial charge in [-0.25, -0.2) is 0 Å². The van der Waals surface area contributed by atoms with Gasteiger partial charge in [-0.2, -0.15) is 0 Å². The smallest absolute Gasteiger partial charge is 0.262 e. The molecule has 1 atom stereocenters. The van der Waals surface area contributed by atoms with Crippen molar-refractivity contribution in [2.75, 3.05) is 24.4 Å². The van der Waals surface area contributed by atoms with E-state index in [4.69, 9.17) is 9.47 Å². The second-order valence-electron chi connectivity index (χ2n) is 5.76. The Labute approximate surface area is 119 Å². The molecule has 0 spiro atoms. The molecule has 1 aromatic rings. The Kier molecular flexibility index (Phi) is 4.18. The molecular weight excluding hydrogens is 256 g/mol. The van der Waals surface area contributed by atoms with Crippen molar-refractivity contribution in [3.05, 3.63) is 18.2 Å². The summed E-state index contributed by atoms with van der Waals surface area (Å²) in [6.07, 6.45) is 0.878. The summed E-state index contributed by atoms with van der Waals surface area (Å²) in [4.78, 5) is 11.3. The predicted molar refractivity (Wildman–Crippen MR) is 79.4 cm³/mol. The van der Waals surface area contributed by atoms with Gasteiger partial charge >= 0.3 is 0 Å². The van der Waals surface area contributed by atoms with Crippen LogP contribution in [0.2, 0.25) is 0 Å². The van der Waals surface area contributed by atoms with Crippen LogP contribution in [0.4, 0.5) is 11.4 Å². The standard InChI is InChI=1S/C15H22N2O3/c1-10(8-15(2,3)19-4)16-11-5-6-13-12(7-11)17-14(18)9-20-13/h5-7,10,16H,8-9H2,1-4H3,(H,17,18). The first-order valence-electron chi connectivity index (χ1n) is 6.78. The molecule has 0 radical (unpaired) electrons. The van der Waals surface area contributed by atoms with Crippen molar-refractivity contribution in [1.82, 2.24) is 0 Å². The maximum absolute atomic E-state index is 11.3. The van der Waals surface area contributed by atoms with Crippen LogP contribution in [0.1, 0.15) is 27.2 Å². The van der Waals surface area contributed by atoms with E-state index >= 15 is 0 Å². The largest absolute Gasteiger partial charge is 0.482 e. The van der Waals surface area contributed by atoms with Crippen molar-refractivity contribution in [2.45, 2.75) is 38.8 Å². The number of amides is 1. The molecule has 0 saturated carbocycles. The molecule has 2 N–H and O–H groups in total. The molecule has 0 aromatic heterocycles. The summed E-state index contributed by atoms with van der Waals surface area (Å²) in [5.41, 5.74) is 1.50. The van der Waals surface area contributed by atoms with E-state index in [2.05, 4.69) is 31.4 Å². The molecule has 1 aliphatic rings. The molecule has 1 heterocycles. The van der Waals surface area contributed by atoms with Gasteiger partial charge in [-0.3, -0.25) is 4.79 Å². The summed E-state index contributed by atoms with van der Waals surface area (Å²) in [7, 11) is 1.72. The molecule has 1 amide bonds. The maximum atomic E-state index is 11.3. The number of carbonyl (C=O) groups is 1. The predicted octanol–water partition coefficient (Wildman–Crippen LogP) is 2.63. The number of rotatable bonds is 5. The molecule has 5 heteroatoms. The summed E-state index contributed by atoms with van der Waals surface area (Å²) in [6, 6.07) is 5.96. The first-order valence-corrected chi connectivity index (χ1v) is 6.78. The van der Waals surface area contributed by atoms with E-state index in [1.54, 1.807) is 7.11 Å². The van der Waals surface area contributed by atoms with Gasteiger partial charge in [0.05, 0.1) is 11.3 Å². The zero-order valence-corrected chi connectivity index (χ0v) is 12.4. The van der Waals surface area contributed by atoms with E-state index in [1.165, 1.54) is 0 Å². The van der Waals surface area contributed by atoms with Crippen molar-refractivity contribution in [2.24, 2.45) is 0 Å². The third-order valence-electron chi connectivity index (χ3n) is 3.38. The highest BCUT2D eigenvalue weighted by molar-refractivity contribution is 5.96. The molecule has 2 rings (SSSR count). The average molecular weight is 278 g/mol. The number of carbonyl (C=O) groups excluding carboxylic acids is 1. The number of hydrogen-bond donors (Lipinski definition) is 2. The molecule has 110 valence electrons. The minimum Gasteiger partial charge on any atom is -0.482 e. The van der Waals surface area contributed by atoms with Crippen molar-refractivity contribution >= 4 is 17.3 Å². The number of anilines is 2. The fourth-order valence-electron chi connectivity index (χ4n) is 2.33. The fraction of sp³-hybridized carbons (Fsp3) is 0.533. The van der Waals surface area contributed by atoms with Crippen molar-refractivity contribution in [3.8, 4) is 5.75 Å². The van der Waals surface area contributed by atoms with Crippen LogP contribution in [-0.4, -0.2) is 31.3 Å². The first-order chi connectivity index (χ1) is 9.39. The number of hydrogen-bond acceptors (Lipinski definition) is 4. The van der Waals surface area contributed by atoms with Crippen LogP contribution in [0.25, 0.3) is 0 Å². The Balaban J connectivity index is 2.03. The van der Waals surface area contributed by atoms with E-state index in [9.17, 15) is 4.79 Å². The van der Waals surface area contributed by atoms with Crippen LogP contribution < -0.4 is 15.4 Å². The van der Waals surface area contributed by atoms with Gasteiger partial charge in [0.2, 0.25) is 0 Å². The fourth-order valence-corrected chi connectivity index (χ4v) is 2.33. The van der Waals surface area contributed by atoms with E-state index in [1.807, 2.05) is 18.2 Å². The van der Waals surface area contributed by atoms with Gasteiger partial charge in [-0.15, -0.1) is 0 Å². The van der Waals surface area contributed by atoms with E-state index < -0.39 is 0 Å². The quantitative estimate of drug-likeness (QED) is 0.869. The third-order valence-corrected chi connectivity index (χ3v) is 3.38. The summed E-state index contributed by atoms with van der Waals surface area (Å²) < 4.78 is 10.8. The highest BCUT2D eigenvalue weighted by Gasteiger charge is 2.21. The monoisotopic (exact) mass is 278 g/mol. The lowest BCUT2D eigenvalue weighted by molar-refractivity contribution is -0.118. The highest BCUT2D eigenvalue weighted by atomic mass is 16.5. The van der Waals surface area contributed by atoms with Crippen molar-refractivity contribution in [3.63, 3.8) is 0 Å². The van der Waals surface area contributed by atoms with Crippen LogP contribution in [0.15, 0.2) is 18.2 Å². The first kappa shape index (κ1) is 14.7. The SMILES string of the molecule is COC(C)(C)CC(C)Nc1ccc2c(c1)NC(=O)CO2. The molecule has 0 fully saturated rings. The zero-order chi connectivity index (χ0) is 14.8. The Hall–Kier alpha value is -1.75. The number of ether oxygens (including phenoxy) is 2. The van der Waals surface area contributed by atoms with E-state index in [-0.39, 0.29) is 24.2 Å². The summed E-state index contributed by atoms with van der Waals surface area (Å²) >= 11 is 0. The van der Waals surface area contributed by atoms with Gasteiger partial charge in [0, 0.05) is 18.8 Å². The Bertz CT molecular complexity index is 500. The molecule has 20 heavy (non-hydrogen) atoms. The molecule has 0 bridgehead atoms. The van der Waals surface area contributed by atoms with Crippen molar-refractivity contribution < 1.29 is 14.3 Å². The van der Waals surface area contributed by atoms with Crippen LogP contribution >= 0.6 is 0 Å². The lowest BCUT2D eigenvalue weighted by Gasteiger charge is -2.28. The van der Waals surface area contributed by atoms with Crippen LogP contribution in [0.5, 0.6) is 5.75 Å². The number of benzene rings is 1. The lowest BCUT2D eigenvalue weighted by Crippen LogP contribution is -2.31. The van der Waals surface area contributed by atoms with Gasteiger partial charge in [0.15, 0.2) is 6.61 Å². The molecule has 0 aliphatic carbocycles. The third kappa shape index (κ3) is 3.63. The average Bonchev–Trinajstić information content (AvgIpc) is 2.37. The van der Waals surface area contributed by atoms with Crippen LogP contribution in [0.3, 0.4) is 0 Å². The maximum Gasteiger partial charge on any atom is 0.262 e. The minimum absolute atomic E-state index is 0.0816. The minimum atomic E-state index is -0.169. The van der Waals surface area contributed by atoms with E-state index in [0.717, 1.165) is 12.1 Å². The number of methoxy groups -OCH3 is 1. The summed E-state index contributed by atoms with van der Waals surface area (Å²) in [5.74, 6) is 0.586. The van der Waals surface area contributed by atoms with Crippen molar-refractivity contribution in [1.29, 1.82) is 0 Å². The van der Waals surface area contributed by atoms with Crippen LogP contribution in [-0.2, 0) is 9.53 Å². The molecule has 1 unspecified atom stereocenters. The Morgan fingerprint density at radius 2 is 2.25 bits per heavy atom. The number of nitrogens with one attached hydrogen (secondary N) is 2. The topological polar surface area (TPSA) is 59.6 Å². The summed E-state index contributed by atoms with van der Waals surface area (Å²) in [6.45, 7) is 6.31. The highest BCUT2D eigenvalue weighted by Crippen LogP contribution is 2.31. The second-order valence-corrected chi connectivity index (χ2v) is 5.76. The van der Waals surface area contributed by atoms with Gasteiger partial charge in [-0.1, -0.05) is 0 Å². The molecule has 1 aliphatic heterocycles. The number of fused-ring (bicyclic) bond motifs is 1. The molecule has 5 nitrogen and oxygen atoms in total. The van der Waals surface area contributed by atoms with Gasteiger partial charge in [-0.05, 0) is 45.4 Å². The lowest BCUT2D eigenvalue weighted by atomic mass is 9.99. The molecule has 0 saturated heterocycles. The molecular formula is C15H22N2O3. The van der Waals surface area contributed by atoms with Crippen LogP contribution in [0, 0.1) is 0 Å².